The molecular weight excluding hydrogens is 574 g/mol. The van der Waals surface area contributed by atoms with Gasteiger partial charge in [0.2, 0.25) is 11.1 Å². The number of carbonyl (C=O) groups excluding carboxylic acids is 1. The van der Waals surface area contributed by atoms with Gasteiger partial charge in [0.1, 0.15) is 22.9 Å². The van der Waals surface area contributed by atoms with Crippen LogP contribution in [0.2, 0.25) is 5.02 Å². The molecule has 0 fully saturated rings. The van der Waals surface area contributed by atoms with E-state index in [-0.39, 0.29) is 27.9 Å². The van der Waals surface area contributed by atoms with Gasteiger partial charge in [-0.3, -0.25) is 14.2 Å². The first-order valence-electron chi connectivity index (χ1n) is 12.1. The van der Waals surface area contributed by atoms with Gasteiger partial charge in [-0.1, -0.05) is 59.8 Å². The van der Waals surface area contributed by atoms with Crippen molar-refractivity contribution in [1.82, 2.24) is 20.5 Å². The summed E-state index contributed by atoms with van der Waals surface area (Å²) < 4.78 is 39.3. The van der Waals surface area contributed by atoms with Gasteiger partial charge in [-0.2, -0.15) is 0 Å². The summed E-state index contributed by atoms with van der Waals surface area (Å²) in [7, 11) is -1.38. The highest BCUT2D eigenvalue weighted by molar-refractivity contribution is 7.99. The highest BCUT2D eigenvalue weighted by Gasteiger charge is 2.30. The second-order valence-corrected chi connectivity index (χ2v) is 11.8. The Morgan fingerprint density at radius 3 is 2.48 bits per heavy atom. The molecule has 0 radical (unpaired) electrons. The Morgan fingerprint density at radius 1 is 1.05 bits per heavy atom. The number of amides is 1. The largest absolute Gasteiger partial charge is 0.495 e. The number of nitrogens with one attached hydrogen (secondary N) is 2. The van der Waals surface area contributed by atoms with Gasteiger partial charge in [-0.15, -0.1) is 5.10 Å². The van der Waals surface area contributed by atoms with Crippen LogP contribution in [0.5, 0.6) is 11.5 Å². The average Bonchev–Trinajstić information content (AvgIpc) is 3.43. The van der Waals surface area contributed by atoms with Gasteiger partial charge in [0.05, 0.1) is 24.9 Å². The van der Waals surface area contributed by atoms with Crippen molar-refractivity contribution in [1.29, 1.82) is 0 Å². The number of thioether (sulfide) groups is 1. The lowest BCUT2D eigenvalue weighted by molar-refractivity contribution is -0.119. The maximum absolute atomic E-state index is 13.9. The maximum Gasteiger partial charge on any atom is 0.268 e. The molecule has 2 N–H and O–H groups in total. The molecule has 1 aromatic heterocycles. The van der Waals surface area contributed by atoms with Crippen LogP contribution >= 0.6 is 23.4 Å². The number of carbonyl (C=O) groups is 1. The maximum atomic E-state index is 13.9. The van der Waals surface area contributed by atoms with E-state index in [1.54, 1.807) is 25.1 Å². The van der Waals surface area contributed by atoms with E-state index in [1.165, 1.54) is 44.2 Å². The number of hydrogen-bond donors (Lipinski definition) is 2. The van der Waals surface area contributed by atoms with Crippen LogP contribution in [0.4, 0.5) is 5.69 Å². The number of halogens is 1. The zero-order chi connectivity index (χ0) is 28.7. The Kier molecular flexibility index (Phi) is 9.56. The van der Waals surface area contributed by atoms with Gasteiger partial charge in [0.15, 0.2) is 5.82 Å². The van der Waals surface area contributed by atoms with Gasteiger partial charge < -0.3 is 14.8 Å². The van der Waals surface area contributed by atoms with Crippen LogP contribution in [0.3, 0.4) is 0 Å². The molecule has 0 bridgehead atoms. The molecule has 0 aliphatic rings. The van der Waals surface area contributed by atoms with E-state index in [4.69, 9.17) is 21.1 Å². The van der Waals surface area contributed by atoms with Crippen molar-refractivity contribution in [2.75, 3.05) is 37.4 Å². The van der Waals surface area contributed by atoms with Crippen LogP contribution < -0.4 is 19.1 Å². The molecule has 4 aromatic rings. The summed E-state index contributed by atoms with van der Waals surface area (Å²) in [5.74, 6) is 1.17. The van der Waals surface area contributed by atoms with E-state index < -0.39 is 22.5 Å². The first-order chi connectivity index (χ1) is 19.2. The van der Waals surface area contributed by atoms with Gasteiger partial charge in [-0.05, 0) is 42.8 Å². The molecule has 3 aromatic carbocycles. The molecule has 0 saturated carbocycles. The SMILES string of the molecule is COc1ccc(N(CC(=O)NCCSc2n[nH]c(-c3ccccc3)n2)S(=O)(=O)c2cc(C)ccc2OC)cc1Cl. The van der Waals surface area contributed by atoms with Crippen molar-refractivity contribution < 1.29 is 22.7 Å². The molecule has 1 amide bonds. The molecule has 1 heterocycles. The lowest BCUT2D eigenvalue weighted by Gasteiger charge is -2.25. The number of nitrogens with zero attached hydrogens (tertiary/aromatic N) is 3. The molecule has 210 valence electrons. The van der Waals surface area contributed by atoms with Gasteiger partial charge in [0, 0.05) is 17.9 Å². The van der Waals surface area contributed by atoms with Gasteiger partial charge >= 0.3 is 0 Å². The molecule has 0 atom stereocenters. The van der Waals surface area contributed by atoms with Crippen LogP contribution in [0.1, 0.15) is 5.56 Å². The lowest BCUT2D eigenvalue weighted by Crippen LogP contribution is -2.41. The summed E-state index contributed by atoms with van der Waals surface area (Å²) in [6.45, 7) is 1.56. The lowest BCUT2D eigenvalue weighted by atomic mass is 10.2. The summed E-state index contributed by atoms with van der Waals surface area (Å²) in [5.41, 5.74) is 1.84. The molecule has 0 unspecified atom stereocenters. The van der Waals surface area contributed by atoms with E-state index in [2.05, 4.69) is 20.5 Å². The highest BCUT2D eigenvalue weighted by atomic mass is 35.5. The molecule has 4 rings (SSSR count). The van der Waals surface area contributed by atoms with E-state index in [0.29, 0.717) is 22.5 Å². The fraction of sp³-hybridized carbons (Fsp3) is 0.222. The molecule has 0 aliphatic carbocycles. The van der Waals surface area contributed by atoms with Crippen LogP contribution in [-0.4, -0.2) is 62.6 Å². The number of sulfonamides is 1. The summed E-state index contributed by atoms with van der Waals surface area (Å²) >= 11 is 7.66. The van der Waals surface area contributed by atoms with Gasteiger partial charge in [-0.25, -0.2) is 13.4 Å². The third-order valence-corrected chi connectivity index (χ3v) is 8.70. The number of benzene rings is 3. The van der Waals surface area contributed by atoms with Crippen molar-refractivity contribution >= 4 is 45.0 Å². The Hall–Kier alpha value is -3.74. The second kappa shape index (κ2) is 13.1. The van der Waals surface area contributed by atoms with Crippen LogP contribution in [0, 0.1) is 6.92 Å². The number of aromatic nitrogens is 3. The Labute approximate surface area is 242 Å². The average molecular weight is 602 g/mol. The second-order valence-electron chi connectivity index (χ2n) is 8.52. The summed E-state index contributed by atoms with van der Waals surface area (Å²) in [5, 5.41) is 10.6. The van der Waals surface area contributed by atoms with Crippen molar-refractivity contribution in [2.45, 2.75) is 17.0 Å². The Bertz CT molecular complexity index is 1580. The third kappa shape index (κ3) is 6.87. The number of H-pyrrole nitrogens is 1. The number of aryl methyl sites for hydroxylation is 1. The van der Waals surface area contributed by atoms with Crippen LogP contribution in [0.25, 0.3) is 11.4 Å². The topological polar surface area (TPSA) is 127 Å². The normalized spacial score (nSPS) is 11.2. The number of anilines is 1. The van der Waals surface area contributed by atoms with E-state index in [0.717, 1.165) is 15.4 Å². The zero-order valence-electron chi connectivity index (χ0n) is 22.0. The van der Waals surface area contributed by atoms with Crippen LogP contribution in [-0.2, 0) is 14.8 Å². The standard InChI is InChI=1S/C27H28ClN5O5S2/c1-18-9-11-23(38-3)24(15-18)40(35,36)33(20-10-12-22(37-2)21(28)16-20)17-25(34)29-13-14-39-27-30-26(31-32-27)19-7-5-4-6-8-19/h4-12,15-16H,13-14,17H2,1-3H3,(H,29,34)(H,30,31,32). The minimum atomic E-state index is -4.23. The smallest absolute Gasteiger partial charge is 0.268 e. The zero-order valence-corrected chi connectivity index (χ0v) is 24.4. The predicted octanol–water partition coefficient (Wildman–Crippen LogP) is 4.55. The summed E-state index contributed by atoms with van der Waals surface area (Å²) in [4.78, 5) is 17.4. The minimum absolute atomic E-state index is 0.0656. The van der Waals surface area contributed by atoms with Gasteiger partial charge in [0.25, 0.3) is 10.0 Å². The quantitative estimate of drug-likeness (QED) is 0.179. The fourth-order valence-electron chi connectivity index (χ4n) is 3.78. The van der Waals surface area contributed by atoms with Crippen molar-refractivity contribution in [3.05, 3.63) is 77.3 Å². The first kappa shape index (κ1) is 29.2. The minimum Gasteiger partial charge on any atom is -0.495 e. The molecule has 0 saturated heterocycles. The summed E-state index contributed by atoms with van der Waals surface area (Å²) in [6.07, 6.45) is 0. The first-order valence-corrected chi connectivity index (χ1v) is 14.9. The number of rotatable bonds is 12. The molecule has 13 heteroatoms. The fourth-order valence-corrected chi connectivity index (χ4v) is 6.35. The van der Waals surface area contributed by atoms with Crippen LogP contribution in [0.15, 0.2) is 76.8 Å². The molecular formula is C27H28ClN5O5S2. The number of ether oxygens (including phenoxy) is 2. The predicted molar refractivity (Wildman–Crippen MR) is 156 cm³/mol. The number of aromatic amines is 1. The molecule has 0 spiro atoms. The van der Waals surface area contributed by atoms with Crippen molar-refractivity contribution in [3.8, 4) is 22.9 Å². The van der Waals surface area contributed by atoms with Crippen molar-refractivity contribution in [2.24, 2.45) is 0 Å². The summed E-state index contributed by atoms with van der Waals surface area (Å²) in [6, 6.07) is 18.9. The molecule has 10 nitrogen and oxygen atoms in total. The Morgan fingerprint density at radius 2 is 1.77 bits per heavy atom. The third-order valence-electron chi connectivity index (χ3n) is 5.77. The highest BCUT2D eigenvalue weighted by Crippen LogP contribution is 2.34. The monoisotopic (exact) mass is 601 g/mol. The molecule has 40 heavy (non-hydrogen) atoms. The van der Waals surface area contributed by atoms with E-state index >= 15 is 0 Å². The Balaban J connectivity index is 1.47. The van der Waals surface area contributed by atoms with E-state index in [9.17, 15) is 13.2 Å². The molecule has 0 aliphatic heterocycles. The number of hydrogen-bond acceptors (Lipinski definition) is 8. The van der Waals surface area contributed by atoms with E-state index in [1.807, 2.05) is 30.3 Å². The van der Waals surface area contributed by atoms with Crippen molar-refractivity contribution in [3.63, 3.8) is 0 Å². The number of methoxy groups -OCH3 is 2.